The highest BCUT2D eigenvalue weighted by Gasteiger charge is 2.04. The SMILES string of the molecule is C=C(/C(=C\C(C)=C/CCC)NC)N(C)C=O. The van der Waals surface area contributed by atoms with Gasteiger partial charge in [0.1, 0.15) is 0 Å². The van der Waals surface area contributed by atoms with E-state index in [4.69, 9.17) is 0 Å². The molecule has 0 atom stereocenters. The molecule has 0 saturated carbocycles. The lowest BCUT2D eigenvalue weighted by atomic mass is 10.1. The second kappa shape index (κ2) is 7.74. The summed E-state index contributed by atoms with van der Waals surface area (Å²) in [5.74, 6) is 0. The maximum Gasteiger partial charge on any atom is 0.213 e. The van der Waals surface area contributed by atoms with Gasteiger partial charge in [-0.05, 0) is 19.4 Å². The fourth-order valence-electron chi connectivity index (χ4n) is 1.21. The van der Waals surface area contributed by atoms with Crippen LogP contribution in [0.3, 0.4) is 0 Å². The van der Waals surface area contributed by atoms with Gasteiger partial charge in [-0.15, -0.1) is 0 Å². The van der Waals surface area contributed by atoms with Crippen molar-refractivity contribution < 1.29 is 4.79 Å². The summed E-state index contributed by atoms with van der Waals surface area (Å²) in [5, 5.41) is 3.04. The lowest BCUT2D eigenvalue weighted by molar-refractivity contribution is -0.115. The van der Waals surface area contributed by atoms with Crippen molar-refractivity contribution in [1.29, 1.82) is 0 Å². The van der Waals surface area contributed by atoms with Gasteiger partial charge in [0.05, 0.1) is 11.4 Å². The standard InChI is InChI=1S/C13H22N2O/c1-6-7-8-11(2)9-13(14-4)12(3)15(5)10-16/h8-10,14H,3,6-7H2,1-2,4-5H3/b11-8-,13-9+. The number of allylic oxidation sites excluding steroid dienone is 3. The molecule has 90 valence electrons. The topological polar surface area (TPSA) is 32.3 Å². The molecule has 0 aliphatic carbocycles. The van der Waals surface area contributed by atoms with Crippen LogP contribution in [0.4, 0.5) is 0 Å². The van der Waals surface area contributed by atoms with E-state index in [0.717, 1.165) is 24.9 Å². The molecule has 3 heteroatoms. The molecule has 0 aliphatic heterocycles. The molecular formula is C13H22N2O. The Kier molecular flexibility index (Phi) is 7.01. The third kappa shape index (κ3) is 4.82. The van der Waals surface area contributed by atoms with Crippen LogP contribution >= 0.6 is 0 Å². The molecule has 0 heterocycles. The Morgan fingerprint density at radius 3 is 2.56 bits per heavy atom. The minimum absolute atomic E-state index is 0.668. The molecule has 16 heavy (non-hydrogen) atoms. The van der Waals surface area contributed by atoms with Crippen molar-refractivity contribution in [2.24, 2.45) is 0 Å². The number of nitrogens with zero attached hydrogens (tertiary/aromatic N) is 1. The summed E-state index contributed by atoms with van der Waals surface area (Å²) >= 11 is 0. The van der Waals surface area contributed by atoms with E-state index in [0.29, 0.717) is 5.70 Å². The zero-order valence-electron chi connectivity index (χ0n) is 10.7. The first-order chi connectivity index (χ1) is 7.56. The molecule has 0 fully saturated rings. The summed E-state index contributed by atoms with van der Waals surface area (Å²) in [6.45, 7) is 8.05. The fourth-order valence-corrected chi connectivity index (χ4v) is 1.21. The maximum absolute atomic E-state index is 10.6. The smallest absolute Gasteiger partial charge is 0.213 e. The lowest BCUT2D eigenvalue weighted by Gasteiger charge is -2.17. The first kappa shape index (κ1) is 14.5. The molecule has 0 unspecified atom stereocenters. The van der Waals surface area contributed by atoms with Crippen LogP contribution in [0, 0.1) is 0 Å². The summed E-state index contributed by atoms with van der Waals surface area (Å²) in [4.78, 5) is 12.1. The van der Waals surface area contributed by atoms with Crippen molar-refractivity contribution in [3.05, 3.63) is 35.7 Å². The van der Waals surface area contributed by atoms with Gasteiger partial charge in [-0.1, -0.05) is 31.6 Å². The van der Waals surface area contributed by atoms with Gasteiger partial charge in [-0.2, -0.15) is 0 Å². The molecule has 0 rings (SSSR count). The molecule has 3 nitrogen and oxygen atoms in total. The number of hydrogen-bond acceptors (Lipinski definition) is 2. The first-order valence-corrected chi connectivity index (χ1v) is 5.50. The number of likely N-dealkylation sites (N-methyl/N-ethyl adjacent to an activating group) is 2. The van der Waals surface area contributed by atoms with Crippen LogP contribution in [0.5, 0.6) is 0 Å². The average molecular weight is 222 g/mol. The van der Waals surface area contributed by atoms with Gasteiger partial charge in [-0.3, -0.25) is 4.79 Å². The molecule has 0 radical (unpaired) electrons. The minimum Gasteiger partial charge on any atom is -0.386 e. The summed E-state index contributed by atoms with van der Waals surface area (Å²) in [7, 11) is 3.51. The van der Waals surface area contributed by atoms with Crippen LogP contribution in [-0.2, 0) is 4.79 Å². The van der Waals surface area contributed by atoms with E-state index in [-0.39, 0.29) is 0 Å². The van der Waals surface area contributed by atoms with Gasteiger partial charge in [0.15, 0.2) is 0 Å². The Labute approximate surface area is 98.5 Å². The van der Waals surface area contributed by atoms with Crippen molar-refractivity contribution in [3.8, 4) is 0 Å². The highest BCUT2D eigenvalue weighted by Crippen LogP contribution is 2.10. The van der Waals surface area contributed by atoms with Gasteiger partial charge in [-0.25, -0.2) is 0 Å². The molecule has 0 aromatic rings. The molecule has 0 aromatic carbocycles. The van der Waals surface area contributed by atoms with Gasteiger partial charge in [0, 0.05) is 14.1 Å². The third-order valence-electron chi connectivity index (χ3n) is 2.29. The number of carbonyl (C=O) groups is 1. The third-order valence-corrected chi connectivity index (χ3v) is 2.29. The van der Waals surface area contributed by atoms with Crippen LogP contribution in [0.2, 0.25) is 0 Å². The number of rotatable bonds is 7. The van der Waals surface area contributed by atoms with Gasteiger partial charge in [0.2, 0.25) is 6.41 Å². The second-order valence-corrected chi connectivity index (χ2v) is 3.71. The summed E-state index contributed by atoms with van der Waals surface area (Å²) in [6, 6.07) is 0. The van der Waals surface area contributed by atoms with Crippen LogP contribution in [0.25, 0.3) is 0 Å². The predicted octanol–water partition coefficient (Wildman–Crippen LogP) is 2.44. The lowest BCUT2D eigenvalue weighted by Crippen LogP contribution is -2.21. The monoisotopic (exact) mass is 222 g/mol. The molecule has 0 bridgehead atoms. The molecule has 1 N–H and O–H groups in total. The number of amides is 1. The Bertz CT molecular complexity index is 303. The van der Waals surface area contributed by atoms with Crippen molar-refractivity contribution in [3.63, 3.8) is 0 Å². The summed E-state index contributed by atoms with van der Waals surface area (Å²) in [6.07, 6.45) is 7.12. The van der Waals surface area contributed by atoms with Gasteiger partial charge < -0.3 is 10.2 Å². The average Bonchev–Trinajstić information content (AvgIpc) is 2.31. The molecule has 1 amide bonds. The van der Waals surface area contributed by atoms with Gasteiger partial charge in [0.25, 0.3) is 0 Å². The van der Waals surface area contributed by atoms with E-state index in [1.807, 2.05) is 20.0 Å². The fraction of sp³-hybridized carbons (Fsp3) is 0.462. The number of hydrogen-bond donors (Lipinski definition) is 1. The highest BCUT2D eigenvalue weighted by atomic mass is 16.1. The zero-order valence-corrected chi connectivity index (χ0v) is 10.7. The van der Waals surface area contributed by atoms with Crippen LogP contribution in [0.15, 0.2) is 35.7 Å². The van der Waals surface area contributed by atoms with E-state index in [2.05, 4.69) is 24.9 Å². The molecule has 0 spiro atoms. The second-order valence-electron chi connectivity index (χ2n) is 3.71. The number of carbonyl (C=O) groups excluding carboxylic acids is 1. The van der Waals surface area contributed by atoms with E-state index in [1.54, 1.807) is 7.05 Å². The Hall–Kier alpha value is -1.51. The van der Waals surface area contributed by atoms with Crippen molar-refractivity contribution in [2.45, 2.75) is 26.7 Å². The van der Waals surface area contributed by atoms with Crippen LogP contribution < -0.4 is 5.32 Å². The molecule has 0 saturated heterocycles. The van der Waals surface area contributed by atoms with Crippen LogP contribution in [-0.4, -0.2) is 25.4 Å². The van der Waals surface area contributed by atoms with E-state index in [1.165, 1.54) is 10.5 Å². The highest BCUT2D eigenvalue weighted by molar-refractivity contribution is 5.53. The van der Waals surface area contributed by atoms with E-state index < -0.39 is 0 Å². The maximum atomic E-state index is 10.6. The normalized spacial score (nSPS) is 12.2. The predicted molar refractivity (Wildman–Crippen MR) is 68.8 cm³/mol. The first-order valence-electron chi connectivity index (χ1n) is 5.50. The zero-order chi connectivity index (χ0) is 12.6. The van der Waals surface area contributed by atoms with E-state index in [9.17, 15) is 4.79 Å². The largest absolute Gasteiger partial charge is 0.386 e. The number of unbranched alkanes of at least 4 members (excludes halogenated alkanes) is 1. The van der Waals surface area contributed by atoms with Crippen molar-refractivity contribution >= 4 is 6.41 Å². The molecule has 0 aliphatic rings. The molecule has 0 aromatic heterocycles. The Morgan fingerprint density at radius 2 is 2.12 bits per heavy atom. The van der Waals surface area contributed by atoms with Crippen molar-refractivity contribution in [2.75, 3.05) is 14.1 Å². The quantitative estimate of drug-likeness (QED) is 0.530. The molecular weight excluding hydrogens is 200 g/mol. The Balaban J connectivity index is 4.78. The van der Waals surface area contributed by atoms with Crippen molar-refractivity contribution in [1.82, 2.24) is 10.2 Å². The Morgan fingerprint density at radius 1 is 1.50 bits per heavy atom. The minimum atomic E-state index is 0.668. The van der Waals surface area contributed by atoms with Gasteiger partial charge >= 0.3 is 0 Å². The van der Waals surface area contributed by atoms with Crippen LogP contribution in [0.1, 0.15) is 26.7 Å². The number of nitrogens with one attached hydrogen (secondary N) is 1. The summed E-state index contributed by atoms with van der Waals surface area (Å²) < 4.78 is 0. The van der Waals surface area contributed by atoms with E-state index >= 15 is 0 Å². The summed E-state index contributed by atoms with van der Waals surface area (Å²) in [5.41, 5.74) is 2.70.